The molecule has 16 heavy (non-hydrogen) atoms. The number of rotatable bonds is 2. The van der Waals surface area contributed by atoms with Gasteiger partial charge in [-0.15, -0.1) is 0 Å². The van der Waals surface area contributed by atoms with Crippen molar-refractivity contribution in [2.45, 2.75) is 6.92 Å². The number of phenolic OH excluding ortho intramolecular Hbond substituents is 3. The summed E-state index contributed by atoms with van der Waals surface area (Å²) in [6.07, 6.45) is 0. The number of nitrogens with zero attached hydrogens (tertiary/aromatic N) is 1. The highest BCUT2D eigenvalue weighted by molar-refractivity contribution is 6.02. The van der Waals surface area contributed by atoms with Gasteiger partial charge in [0.15, 0.2) is 11.5 Å². The molecule has 0 aromatic heterocycles. The second-order valence-electron chi connectivity index (χ2n) is 3.00. The minimum atomic E-state index is -0.846. The molecule has 0 atom stereocenters. The summed E-state index contributed by atoms with van der Waals surface area (Å²) in [4.78, 5) is 10.4. The van der Waals surface area contributed by atoms with Gasteiger partial charge < -0.3 is 21.1 Å². The maximum absolute atomic E-state index is 10.4. The van der Waals surface area contributed by atoms with Crippen molar-refractivity contribution in [3.8, 4) is 17.2 Å². The normalized spacial score (nSPS) is 11.2. The van der Waals surface area contributed by atoms with Gasteiger partial charge in [-0.05, 0) is 19.1 Å². The van der Waals surface area contributed by atoms with Crippen LogP contribution in [0.25, 0.3) is 0 Å². The molecule has 0 heterocycles. The van der Waals surface area contributed by atoms with Gasteiger partial charge in [-0.25, -0.2) is 10.2 Å². The fourth-order valence-corrected chi connectivity index (χ4v) is 1.06. The van der Waals surface area contributed by atoms with Crippen molar-refractivity contribution in [3.05, 3.63) is 17.7 Å². The number of aromatic hydroxyl groups is 3. The maximum atomic E-state index is 10.4. The summed E-state index contributed by atoms with van der Waals surface area (Å²) in [6.45, 7) is 1.49. The number of nitrogens with two attached hydrogens (primary N) is 1. The number of urea groups is 1. The number of carbonyl (C=O) groups is 1. The van der Waals surface area contributed by atoms with Crippen molar-refractivity contribution in [3.63, 3.8) is 0 Å². The number of hydrazone groups is 1. The highest BCUT2D eigenvalue weighted by Gasteiger charge is 2.12. The molecule has 86 valence electrons. The third-order valence-electron chi connectivity index (χ3n) is 1.85. The van der Waals surface area contributed by atoms with Gasteiger partial charge in [-0.3, -0.25) is 0 Å². The van der Waals surface area contributed by atoms with Crippen molar-refractivity contribution in [2.75, 3.05) is 0 Å². The molecule has 0 bridgehead atoms. The van der Waals surface area contributed by atoms with Crippen LogP contribution in [0.4, 0.5) is 4.79 Å². The van der Waals surface area contributed by atoms with Crippen LogP contribution in [0.5, 0.6) is 17.2 Å². The third-order valence-corrected chi connectivity index (χ3v) is 1.85. The van der Waals surface area contributed by atoms with Gasteiger partial charge in [0, 0.05) is 5.56 Å². The standard InChI is InChI=1S/C9H11N3O4/c1-4(11-12-9(10)16)5-2-3-6(13)8(15)7(5)14/h2-3,13-15H,1H3,(H3,10,12,16). The van der Waals surface area contributed by atoms with E-state index in [1.165, 1.54) is 19.1 Å². The lowest BCUT2D eigenvalue weighted by molar-refractivity contribution is 0.249. The quantitative estimate of drug-likeness (QED) is 0.279. The van der Waals surface area contributed by atoms with Crippen molar-refractivity contribution in [1.82, 2.24) is 5.43 Å². The van der Waals surface area contributed by atoms with E-state index in [9.17, 15) is 15.0 Å². The van der Waals surface area contributed by atoms with E-state index in [-0.39, 0.29) is 11.3 Å². The van der Waals surface area contributed by atoms with Crippen molar-refractivity contribution in [1.29, 1.82) is 0 Å². The first-order valence-electron chi connectivity index (χ1n) is 4.27. The van der Waals surface area contributed by atoms with Crippen molar-refractivity contribution < 1.29 is 20.1 Å². The van der Waals surface area contributed by atoms with Crippen LogP contribution in [-0.2, 0) is 0 Å². The molecule has 7 heteroatoms. The summed E-state index contributed by atoms with van der Waals surface area (Å²) in [5.41, 5.74) is 7.18. The molecule has 1 aromatic carbocycles. The largest absolute Gasteiger partial charge is 0.504 e. The first-order chi connectivity index (χ1) is 7.43. The van der Waals surface area contributed by atoms with Gasteiger partial charge in [0.05, 0.1) is 5.71 Å². The van der Waals surface area contributed by atoms with E-state index in [0.29, 0.717) is 0 Å². The average molecular weight is 225 g/mol. The summed E-state index contributed by atoms with van der Waals surface area (Å²) < 4.78 is 0. The van der Waals surface area contributed by atoms with Gasteiger partial charge in [0.25, 0.3) is 0 Å². The minimum absolute atomic E-state index is 0.170. The van der Waals surface area contributed by atoms with Crippen molar-refractivity contribution >= 4 is 11.7 Å². The van der Waals surface area contributed by atoms with Gasteiger partial charge >= 0.3 is 6.03 Å². The Morgan fingerprint density at radius 2 is 1.94 bits per heavy atom. The zero-order chi connectivity index (χ0) is 12.3. The van der Waals surface area contributed by atoms with E-state index in [2.05, 4.69) is 5.10 Å². The van der Waals surface area contributed by atoms with Crippen LogP contribution in [0.1, 0.15) is 12.5 Å². The van der Waals surface area contributed by atoms with Gasteiger partial charge in [-0.1, -0.05) is 0 Å². The molecular weight excluding hydrogens is 214 g/mol. The average Bonchev–Trinajstić information content (AvgIpc) is 2.23. The number of phenols is 3. The Bertz CT molecular complexity index is 456. The van der Waals surface area contributed by atoms with Crippen LogP contribution in [0, 0.1) is 0 Å². The number of nitrogens with one attached hydrogen (secondary N) is 1. The van der Waals surface area contributed by atoms with E-state index in [1.807, 2.05) is 5.43 Å². The monoisotopic (exact) mass is 225 g/mol. The Balaban J connectivity index is 3.10. The Morgan fingerprint density at radius 1 is 1.31 bits per heavy atom. The summed E-state index contributed by atoms with van der Waals surface area (Å²) in [5.74, 6) is -1.62. The van der Waals surface area contributed by atoms with Crippen LogP contribution >= 0.6 is 0 Å². The molecule has 0 saturated carbocycles. The zero-order valence-corrected chi connectivity index (χ0v) is 8.43. The lowest BCUT2D eigenvalue weighted by atomic mass is 10.1. The zero-order valence-electron chi connectivity index (χ0n) is 8.43. The molecule has 2 amide bonds. The lowest BCUT2D eigenvalue weighted by Crippen LogP contribution is -2.25. The number of hydrogen-bond acceptors (Lipinski definition) is 5. The third kappa shape index (κ3) is 2.32. The van der Waals surface area contributed by atoms with Crippen molar-refractivity contribution in [2.24, 2.45) is 10.8 Å². The van der Waals surface area contributed by atoms with E-state index in [4.69, 9.17) is 10.8 Å². The summed E-state index contributed by atoms with van der Waals surface area (Å²) >= 11 is 0. The van der Waals surface area contributed by atoms with E-state index in [0.717, 1.165) is 0 Å². The summed E-state index contributed by atoms with van der Waals surface area (Å²) in [6, 6.07) is 1.68. The number of carbonyl (C=O) groups excluding carboxylic acids is 1. The molecule has 6 N–H and O–H groups in total. The molecule has 0 unspecified atom stereocenters. The molecule has 0 aliphatic rings. The molecule has 0 aliphatic heterocycles. The molecule has 7 nitrogen and oxygen atoms in total. The van der Waals surface area contributed by atoms with Gasteiger partial charge in [-0.2, -0.15) is 5.10 Å². The predicted octanol–water partition coefficient (Wildman–Crippen LogP) is 0.196. The second kappa shape index (κ2) is 4.39. The first-order valence-corrected chi connectivity index (χ1v) is 4.27. The minimum Gasteiger partial charge on any atom is -0.504 e. The lowest BCUT2D eigenvalue weighted by Gasteiger charge is -2.06. The Labute approximate surface area is 90.8 Å². The van der Waals surface area contributed by atoms with E-state index >= 15 is 0 Å². The highest BCUT2D eigenvalue weighted by atomic mass is 16.3. The van der Waals surface area contributed by atoms with Crippen LogP contribution in [0.3, 0.4) is 0 Å². The molecule has 0 saturated heterocycles. The van der Waals surface area contributed by atoms with Gasteiger partial charge in [0.2, 0.25) is 5.75 Å². The molecule has 0 radical (unpaired) electrons. The van der Waals surface area contributed by atoms with E-state index < -0.39 is 23.3 Å². The van der Waals surface area contributed by atoms with Gasteiger partial charge in [0.1, 0.15) is 0 Å². The number of benzene rings is 1. The first kappa shape index (κ1) is 11.6. The Morgan fingerprint density at radius 3 is 2.50 bits per heavy atom. The molecular formula is C9H11N3O4. The van der Waals surface area contributed by atoms with E-state index in [1.54, 1.807) is 0 Å². The van der Waals surface area contributed by atoms with Crippen LogP contribution in [-0.4, -0.2) is 27.1 Å². The Hall–Kier alpha value is -2.44. The smallest absolute Gasteiger partial charge is 0.332 e. The second-order valence-corrected chi connectivity index (χ2v) is 3.00. The molecule has 1 rings (SSSR count). The van der Waals surface area contributed by atoms with Crippen LogP contribution in [0.15, 0.2) is 17.2 Å². The number of primary amides is 1. The Kier molecular flexibility index (Phi) is 3.19. The molecule has 1 aromatic rings. The number of amides is 2. The van der Waals surface area contributed by atoms with Crippen LogP contribution in [0.2, 0.25) is 0 Å². The van der Waals surface area contributed by atoms with Crippen LogP contribution < -0.4 is 11.2 Å². The fraction of sp³-hybridized carbons (Fsp3) is 0.111. The fourth-order valence-electron chi connectivity index (χ4n) is 1.06. The summed E-state index contributed by atoms with van der Waals surface area (Å²) in [5, 5.41) is 31.4. The number of hydrogen-bond donors (Lipinski definition) is 5. The SMILES string of the molecule is CC(=NNC(N)=O)c1ccc(O)c(O)c1O. The highest BCUT2D eigenvalue weighted by Crippen LogP contribution is 2.37. The molecule has 0 spiro atoms. The molecule has 0 fully saturated rings. The predicted molar refractivity (Wildman–Crippen MR) is 56.4 cm³/mol. The topological polar surface area (TPSA) is 128 Å². The summed E-state index contributed by atoms with van der Waals surface area (Å²) in [7, 11) is 0. The molecule has 0 aliphatic carbocycles. The maximum Gasteiger partial charge on any atom is 0.332 e.